The van der Waals surface area contributed by atoms with E-state index in [1.807, 2.05) is 6.92 Å². The maximum absolute atomic E-state index is 13.8. The average molecular weight is 274 g/mol. The monoisotopic (exact) mass is 274 g/mol. The highest BCUT2D eigenvalue weighted by molar-refractivity contribution is 6.09. The molecule has 0 fully saturated rings. The Morgan fingerprint density at radius 3 is 2.15 bits per heavy atom. The second-order valence-electron chi connectivity index (χ2n) is 4.41. The van der Waals surface area contributed by atoms with Crippen LogP contribution in [0.5, 0.6) is 11.5 Å². The van der Waals surface area contributed by atoms with Crippen molar-refractivity contribution in [3.63, 3.8) is 0 Å². The molecule has 104 valence electrons. The van der Waals surface area contributed by atoms with Crippen molar-refractivity contribution < 1.29 is 18.7 Å². The largest absolute Gasteiger partial charge is 0.497 e. The summed E-state index contributed by atoms with van der Waals surface area (Å²) in [7, 11) is 2.99. The van der Waals surface area contributed by atoms with Gasteiger partial charge in [-0.05, 0) is 31.2 Å². The molecule has 4 heteroatoms. The van der Waals surface area contributed by atoms with Crippen molar-refractivity contribution in [2.45, 2.75) is 6.92 Å². The lowest BCUT2D eigenvalue weighted by molar-refractivity contribution is 0.103. The van der Waals surface area contributed by atoms with Crippen LogP contribution in [0.3, 0.4) is 0 Å². The van der Waals surface area contributed by atoms with E-state index in [9.17, 15) is 9.18 Å². The molecule has 0 saturated heterocycles. The molecule has 0 radical (unpaired) electrons. The Bertz CT molecular complexity index is 628. The summed E-state index contributed by atoms with van der Waals surface area (Å²) in [5, 5.41) is 0. The molecule has 2 aromatic rings. The van der Waals surface area contributed by atoms with E-state index in [4.69, 9.17) is 9.47 Å². The number of ketones is 1. The number of rotatable bonds is 4. The fourth-order valence-corrected chi connectivity index (χ4v) is 1.91. The zero-order chi connectivity index (χ0) is 14.7. The van der Waals surface area contributed by atoms with Gasteiger partial charge in [-0.25, -0.2) is 4.39 Å². The molecule has 0 aromatic heterocycles. The van der Waals surface area contributed by atoms with Gasteiger partial charge in [-0.3, -0.25) is 4.79 Å². The molecule has 0 aliphatic carbocycles. The second-order valence-corrected chi connectivity index (χ2v) is 4.41. The molecule has 2 aromatic carbocycles. The molecular weight excluding hydrogens is 259 g/mol. The van der Waals surface area contributed by atoms with Crippen LogP contribution in [0.2, 0.25) is 0 Å². The highest BCUT2D eigenvalue weighted by Gasteiger charge is 2.16. The van der Waals surface area contributed by atoms with E-state index in [0.29, 0.717) is 17.1 Å². The van der Waals surface area contributed by atoms with Gasteiger partial charge >= 0.3 is 0 Å². The minimum atomic E-state index is -0.539. The Kier molecular flexibility index (Phi) is 4.03. The molecule has 0 saturated carbocycles. The predicted molar refractivity (Wildman–Crippen MR) is 74.1 cm³/mol. The Morgan fingerprint density at radius 1 is 1.00 bits per heavy atom. The van der Waals surface area contributed by atoms with E-state index >= 15 is 0 Å². The van der Waals surface area contributed by atoms with Gasteiger partial charge in [-0.15, -0.1) is 0 Å². The molecule has 0 amide bonds. The fraction of sp³-hybridized carbons (Fsp3) is 0.188. The Labute approximate surface area is 117 Å². The van der Waals surface area contributed by atoms with E-state index in [1.165, 1.54) is 26.4 Å². The van der Waals surface area contributed by atoms with Crippen LogP contribution in [0.15, 0.2) is 36.4 Å². The number of halogens is 1. The highest BCUT2D eigenvalue weighted by Crippen LogP contribution is 2.25. The van der Waals surface area contributed by atoms with Gasteiger partial charge in [-0.2, -0.15) is 0 Å². The first-order valence-electron chi connectivity index (χ1n) is 6.09. The molecule has 0 N–H and O–H groups in total. The summed E-state index contributed by atoms with van der Waals surface area (Å²) < 4.78 is 24.0. The summed E-state index contributed by atoms with van der Waals surface area (Å²) in [5.41, 5.74) is 1.19. The SMILES string of the molecule is COc1cc(OC)cc(C(=O)c2cc(C)ccc2F)c1. The van der Waals surface area contributed by atoms with E-state index in [1.54, 1.807) is 24.3 Å². The van der Waals surface area contributed by atoms with Gasteiger partial charge in [0.05, 0.1) is 19.8 Å². The zero-order valence-electron chi connectivity index (χ0n) is 11.6. The summed E-state index contributed by atoms with van der Waals surface area (Å²) in [6.45, 7) is 1.81. The van der Waals surface area contributed by atoms with Crippen molar-refractivity contribution in [1.82, 2.24) is 0 Å². The van der Waals surface area contributed by atoms with Crippen LogP contribution < -0.4 is 9.47 Å². The fourth-order valence-electron chi connectivity index (χ4n) is 1.91. The molecule has 2 rings (SSSR count). The molecule has 0 unspecified atom stereocenters. The Balaban J connectivity index is 2.50. The predicted octanol–water partition coefficient (Wildman–Crippen LogP) is 3.38. The van der Waals surface area contributed by atoms with Crippen LogP contribution in [0.1, 0.15) is 21.5 Å². The average Bonchev–Trinajstić information content (AvgIpc) is 2.48. The van der Waals surface area contributed by atoms with Crippen molar-refractivity contribution >= 4 is 5.78 Å². The standard InChI is InChI=1S/C16H15FO3/c1-10-4-5-15(17)14(6-10)16(18)11-7-12(19-2)9-13(8-11)20-3/h4-9H,1-3H3. The first kappa shape index (κ1) is 14.1. The molecule has 0 aliphatic rings. The lowest BCUT2D eigenvalue weighted by Crippen LogP contribution is -2.05. The van der Waals surface area contributed by atoms with Crippen molar-refractivity contribution in [2.24, 2.45) is 0 Å². The summed E-state index contributed by atoms with van der Waals surface area (Å²) in [5.74, 6) is 0.0345. The molecule has 0 bridgehead atoms. The van der Waals surface area contributed by atoms with Gasteiger partial charge in [-0.1, -0.05) is 11.6 Å². The third kappa shape index (κ3) is 2.79. The minimum absolute atomic E-state index is 0.0420. The number of hydrogen-bond acceptors (Lipinski definition) is 3. The van der Waals surface area contributed by atoms with E-state index in [-0.39, 0.29) is 5.56 Å². The molecule has 0 heterocycles. The van der Waals surface area contributed by atoms with Gasteiger partial charge < -0.3 is 9.47 Å². The summed E-state index contributed by atoms with van der Waals surface area (Å²) in [4.78, 5) is 12.4. The minimum Gasteiger partial charge on any atom is -0.497 e. The maximum Gasteiger partial charge on any atom is 0.196 e. The lowest BCUT2D eigenvalue weighted by Gasteiger charge is -2.09. The van der Waals surface area contributed by atoms with Crippen LogP contribution in [0.4, 0.5) is 4.39 Å². The topological polar surface area (TPSA) is 35.5 Å². The van der Waals surface area contributed by atoms with Crippen LogP contribution in [0.25, 0.3) is 0 Å². The van der Waals surface area contributed by atoms with Gasteiger partial charge in [0.2, 0.25) is 0 Å². The quantitative estimate of drug-likeness (QED) is 0.802. The number of benzene rings is 2. The van der Waals surface area contributed by atoms with Crippen molar-refractivity contribution in [3.05, 3.63) is 58.9 Å². The molecule has 20 heavy (non-hydrogen) atoms. The van der Waals surface area contributed by atoms with Crippen LogP contribution >= 0.6 is 0 Å². The van der Waals surface area contributed by atoms with Crippen molar-refractivity contribution in [1.29, 1.82) is 0 Å². The molecule has 3 nitrogen and oxygen atoms in total. The molecule has 0 spiro atoms. The number of ether oxygens (including phenoxy) is 2. The summed E-state index contributed by atoms with van der Waals surface area (Å²) in [6, 6.07) is 9.23. The van der Waals surface area contributed by atoms with E-state index in [2.05, 4.69) is 0 Å². The Hall–Kier alpha value is -2.36. The number of carbonyl (C=O) groups excluding carboxylic acids is 1. The smallest absolute Gasteiger partial charge is 0.196 e. The van der Waals surface area contributed by atoms with Gasteiger partial charge in [0.25, 0.3) is 0 Å². The Morgan fingerprint density at radius 2 is 1.60 bits per heavy atom. The lowest BCUT2D eigenvalue weighted by atomic mass is 10.0. The third-order valence-corrected chi connectivity index (χ3v) is 2.98. The first-order valence-corrected chi connectivity index (χ1v) is 6.09. The van der Waals surface area contributed by atoms with Crippen molar-refractivity contribution in [3.8, 4) is 11.5 Å². The van der Waals surface area contributed by atoms with Crippen LogP contribution in [0, 0.1) is 12.7 Å². The highest BCUT2D eigenvalue weighted by atomic mass is 19.1. The van der Waals surface area contributed by atoms with Crippen molar-refractivity contribution in [2.75, 3.05) is 14.2 Å². The first-order chi connectivity index (χ1) is 9.55. The second kappa shape index (κ2) is 5.74. The number of methoxy groups -OCH3 is 2. The molecular formula is C16H15FO3. The normalized spacial score (nSPS) is 10.2. The number of hydrogen-bond donors (Lipinski definition) is 0. The third-order valence-electron chi connectivity index (χ3n) is 2.98. The number of aryl methyl sites for hydroxylation is 1. The maximum atomic E-state index is 13.8. The number of carbonyl (C=O) groups is 1. The van der Waals surface area contributed by atoms with E-state index in [0.717, 1.165) is 5.56 Å². The molecule has 0 atom stereocenters. The summed E-state index contributed by atoms with van der Waals surface area (Å²) >= 11 is 0. The van der Waals surface area contributed by atoms with Gasteiger partial charge in [0.15, 0.2) is 5.78 Å². The van der Waals surface area contributed by atoms with Crippen LogP contribution in [-0.2, 0) is 0 Å². The van der Waals surface area contributed by atoms with Gasteiger partial charge in [0.1, 0.15) is 17.3 Å². The summed E-state index contributed by atoms with van der Waals surface area (Å²) in [6.07, 6.45) is 0. The zero-order valence-corrected chi connectivity index (χ0v) is 11.6. The molecule has 0 aliphatic heterocycles. The van der Waals surface area contributed by atoms with Crippen LogP contribution in [-0.4, -0.2) is 20.0 Å². The van der Waals surface area contributed by atoms with Gasteiger partial charge in [0, 0.05) is 11.6 Å². The van der Waals surface area contributed by atoms with E-state index < -0.39 is 11.6 Å².